The minimum absolute atomic E-state index is 0.394. The predicted octanol–water partition coefficient (Wildman–Crippen LogP) is 2.18. The molecule has 0 bridgehead atoms. The first-order valence-electron chi connectivity index (χ1n) is 6.47. The molecule has 0 fully saturated rings. The van der Waals surface area contributed by atoms with E-state index in [9.17, 15) is 4.79 Å². The molecule has 1 aromatic heterocycles. The van der Waals surface area contributed by atoms with Gasteiger partial charge in [-0.3, -0.25) is 4.98 Å². The van der Waals surface area contributed by atoms with Gasteiger partial charge in [-0.05, 0) is 12.3 Å². The molecule has 0 spiro atoms. The number of aliphatic carboxylic acids is 1. The average molecular weight is 267 g/mol. The molecule has 1 rings (SSSR count). The summed E-state index contributed by atoms with van der Waals surface area (Å²) < 4.78 is 5.45. The van der Waals surface area contributed by atoms with Crippen molar-refractivity contribution in [3.05, 3.63) is 12.4 Å². The van der Waals surface area contributed by atoms with Crippen LogP contribution in [0, 0.1) is 5.92 Å². The normalized spacial score (nSPS) is 12.2. The lowest BCUT2D eigenvalue weighted by atomic mass is 10.2. The number of carbonyl (C=O) groups is 1. The molecule has 2 N–H and O–H groups in total. The molecule has 1 unspecified atom stereocenters. The molecular weight excluding hydrogens is 246 g/mol. The quantitative estimate of drug-likeness (QED) is 0.751. The molecule has 0 aromatic carbocycles. The van der Waals surface area contributed by atoms with E-state index in [1.807, 2.05) is 20.8 Å². The van der Waals surface area contributed by atoms with Crippen LogP contribution in [0.3, 0.4) is 0 Å². The first-order chi connectivity index (χ1) is 9.02. The summed E-state index contributed by atoms with van der Waals surface area (Å²) in [6.07, 6.45) is 4.33. The SMILES string of the molecule is CCCC(Nc1cncc(OCC(C)C)n1)C(=O)O. The number of hydrogen-bond donors (Lipinski definition) is 2. The number of carboxylic acid groups (broad SMARTS) is 1. The molecule has 0 aliphatic heterocycles. The lowest BCUT2D eigenvalue weighted by Gasteiger charge is -2.14. The standard InChI is InChI=1S/C13H21N3O3/c1-4-5-10(13(17)18)15-11-6-14-7-12(16-11)19-8-9(2)3/h6-7,9-10H,4-5,8H2,1-3H3,(H,15,16)(H,17,18). The fourth-order valence-corrected chi connectivity index (χ4v) is 1.46. The van der Waals surface area contributed by atoms with E-state index in [1.54, 1.807) is 0 Å². The van der Waals surface area contributed by atoms with E-state index in [2.05, 4.69) is 15.3 Å². The second kappa shape index (κ2) is 7.56. The van der Waals surface area contributed by atoms with E-state index in [0.717, 1.165) is 6.42 Å². The van der Waals surface area contributed by atoms with Crippen molar-refractivity contribution >= 4 is 11.8 Å². The van der Waals surface area contributed by atoms with Gasteiger partial charge in [0.2, 0.25) is 5.88 Å². The Morgan fingerprint density at radius 1 is 1.47 bits per heavy atom. The van der Waals surface area contributed by atoms with Crippen molar-refractivity contribution in [3.8, 4) is 5.88 Å². The van der Waals surface area contributed by atoms with Crippen molar-refractivity contribution in [3.63, 3.8) is 0 Å². The summed E-state index contributed by atoms with van der Waals surface area (Å²) in [5, 5.41) is 11.9. The highest BCUT2D eigenvalue weighted by molar-refractivity contribution is 5.76. The van der Waals surface area contributed by atoms with Gasteiger partial charge in [0.05, 0.1) is 19.0 Å². The van der Waals surface area contributed by atoms with Crippen molar-refractivity contribution in [2.45, 2.75) is 39.7 Å². The predicted molar refractivity (Wildman–Crippen MR) is 72.3 cm³/mol. The zero-order valence-corrected chi connectivity index (χ0v) is 11.6. The molecular formula is C13H21N3O3. The summed E-state index contributed by atoms with van der Waals surface area (Å²) in [5.41, 5.74) is 0. The number of carboxylic acids is 1. The molecule has 0 saturated carbocycles. The summed E-state index contributed by atoms with van der Waals surface area (Å²) >= 11 is 0. The van der Waals surface area contributed by atoms with Crippen molar-refractivity contribution in [1.82, 2.24) is 9.97 Å². The number of rotatable bonds is 8. The summed E-state index contributed by atoms with van der Waals surface area (Å²) in [5.74, 6) is 0.323. The highest BCUT2D eigenvalue weighted by Crippen LogP contribution is 2.12. The topological polar surface area (TPSA) is 84.3 Å². The van der Waals surface area contributed by atoms with E-state index in [-0.39, 0.29) is 0 Å². The van der Waals surface area contributed by atoms with Crippen molar-refractivity contribution in [2.24, 2.45) is 5.92 Å². The first kappa shape index (κ1) is 15.2. The van der Waals surface area contributed by atoms with Gasteiger partial charge >= 0.3 is 5.97 Å². The maximum Gasteiger partial charge on any atom is 0.326 e. The summed E-state index contributed by atoms with van der Waals surface area (Å²) in [6, 6.07) is -0.653. The van der Waals surface area contributed by atoms with E-state index < -0.39 is 12.0 Å². The van der Waals surface area contributed by atoms with Gasteiger partial charge < -0.3 is 15.2 Å². The van der Waals surface area contributed by atoms with Crippen LogP contribution in [0.2, 0.25) is 0 Å². The molecule has 0 aliphatic rings. The summed E-state index contributed by atoms with van der Waals surface area (Å²) in [4.78, 5) is 19.2. The van der Waals surface area contributed by atoms with Gasteiger partial charge in [0.1, 0.15) is 11.9 Å². The van der Waals surface area contributed by atoms with Crippen LogP contribution < -0.4 is 10.1 Å². The number of hydrogen-bond acceptors (Lipinski definition) is 5. The van der Waals surface area contributed by atoms with E-state index in [4.69, 9.17) is 9.84 Å². The number of aromatic nitrogens is 2. The van der Waals surface area contributed by atoms with Crippen LogP contribution in [0.4, 0.5) is 5.82 Å². The van der Waals surface area contributed by atoms with Crippen LogP contribution in [0.15, 0.2) is 12.4 Å². The largest absolute Gasteiger partial charge is 0.480 e. The van der Waals surface area contributed by atoms with E-state index in [1.165, 1.54) is 12.4 Å². The third-order valence-electron chi connectivity index (χ3n) is 2.37. The number of ether oxygens (including phenoxy) is 1. The van der Waals surface area contributed by atoms with E-state index in [0.29, 0.717) is 30.6 Å². The smallest absolute Gasteiger partial charge is 0.326 e. The lowest BCUT2D eigenvalue weighted by molar-refractivity contribution is -0.138. The summed E-state index contributed by atoms with van der Waals surface area (Å²) in [7, 11) is 0. The molecule has 19 heavy (non-hydrogen) atoms. The number of anilines is 1. The van der Waals surface area contributed by atoms with Gasteiger partial charge in [0.25, 0.3) is 0 Å². The van der Waals surface area contributed by atoms with Crippen molar-refractivity contribution in [2.75, 3.05) is 11.9 Å². The Balaban J connectivity index is 2.67. The van der Waals surface area contributed by atoms with Gasteiger partial charge in [-0.15, -0.1) is 0 Å². The van der Waals surface area contributed by atoms with Crippen LogP contribution in [0.25, 0.3) is 0 Å². The van der Waals surface area contributed by atoms with Crippen molar-refractivity contribution in [1.29, 1.82) is 0 Å². The number of nitrogens with zero attached hydrogens (tertiary/aromatic N) is 2. The highest BCUT2D eigenvalue weighted by Gasteiger charge is 2.16. The lowest BCUT2D eigenvalue weighted by Crippen LogP contribution is -2.29. The molecule has 6 heteroatoms. The highest BCUT2D eigenvalue weighted by atomic mass is 16.5. The van der Waals surface area contributed by atoms with Crippen LogP contribution in [-0.2, 0) is 4.79 Å². The van der Waals surface area contributed by atoms with Crippen LogP contribution >= 0.6 is 0 Å². The molecule has 1 aromatic rings. The Kier molecular flexibility index (Phi) is 6.05. The summed E-state index contributed by atoms with van der Waals surface area (Å²) in [6.45, 7) is 6.56. The maximum atomic E-state index is 11.1. The first-order valence-corrected chi connectivity index (χ1v) is 6.47. The Morgan fingerprint density at radius 2 is 2.21 bits per heavy atom. The minimum atomic E-state index is -0.892. The van der Waals surface area contributed by atoms with Gasteiger partial charge in [-0.25, -0.2) is 4.79 Å². The Hall–Kier alpha value is -1.85. The van der Waals surface area contributed by atoms with Crippen LogP contribution in [-0.4, -0.2) is 33.7 Å². The van der Waals surface area contributed by atoms with Crippen molar-refractivity contribution < 1.29 is 14.6 Å². The Morgan fingerprint density at radius 3 is 2.79 bits per heavy atom. The third kappa shape index (κ3) is 5.54. The monoisotopic (exact) mass is 267 g/mol. The van der Waals surface area contributed by atoms with Gasteiger partial charge in [0.15, 0.2) is 0 Å². The molecule has 0 aliphatic carbocycles. The molecule has 106 valence electrons. The van der Waals surface area contributed by atoms with Crippen LogP contribution in [0.1, 0.15) is 33.6 Å². The van der Waals surface area contributed by atoms with Crippen LogP contribution in [0.5, 0.6) is 5.88 Å². The molecule has 0 radical (unpaired) electrons. The average Bonchev–Trinajstić information content (AvgIpc) is 2.36. The van der Waals surface area contributed by atoms with E-state index >= 15 is 0 Å². The fourth-order valence-electron chi connectivity index (χ4n) is 1.46. The van der Waals surface area contributed by atoms with Gasteiger partial charge in [-0.2, -0.15) is 4.98 Å². The Bertz CT molecular complexity index is 410. The zero-order valence-electron chi connectivity index (χ0n) is 11.6. The molecule has 6 nitrogen and oxygen atoms in total. The molecule has 0 amide bonds. The molecule has 1 atom stereocenters. The maximum absolute atomic E-state index is 11.1. The molecule has 1 heterocycles. The van der Waals surface area contributed by atoms with Gasteiger partial charge in [0, 0.05) is 0 Å². The number of nitrogens with one attached hydrogen (secondary N) is 1. The second-order valence-electron chi connectivity index (χ2n) is 4.77. The zero-order chi connectivity index (χ0) is 14.3. The fraction of sp³-hybridized carbons (Fsp3) is 0.615. The van der Waals surface area contributed by atoms with Gasteiger partial charge in [-0.1, -0.05) is 27.2 Å². The third-order valence-corrected chi connectivity index (χ3v) is 2.37. The Labute approximate surface area is 113 Å². The minimum Gasteiger partial charge on any atom is -0.480 e. The second-order valence-corrected chi connectivity index (χ2v) is 4.77. The molecule has 0 saturated heterocycles.